The predicted molar refractivity (Wildman–Crippen MR) is 73.1 cm³/mol. The average Bonchev–Trinajstić information content (AvgIpc) is 2.36. The van der Waals surface area contributed by atoms with Crippen LogP contribution in [0.5, 0.6) is 0 Å². The first-order chi connectivity index (χ1) is 8.92. The van der Waals surface area contributed by atoms with Gasteiger partial charge in [0.05, 0.1) is 6.26 Å². The number of piperidine rings is 1. The number of hydrogen-bond acceptors (Lipinski definition) is 4. The summed E-state index contributed by atoms with van der Waals surface area (Å²) in [6.45, 7) is 1.90. The number of sulfonamides is 1. The molecule has 0 aliphatic carbocycles. The van der Waals surface area contributed by atoms with Gasteiger partial charge in [-0.3, -0.25) is 4.79 Å². The van der Waals surface area contributed by atoms with Crippen LogP contribution >= 0.6 is 0 Å². The molecule has 1 saturated heterocycles. The second-order valence-electron chi connectivity index (χ2n) is 5.15. The van der Waals surface area contributed by atoms with Crippen molar-refractivity contribution in [3.63, 3.8) is 0 Å². The summed E-state index contributed by atoms with van der Waals surface area (Å²) in [5.41, 5.74) is 0. The van der Waals surface area contributed by atoms with Crippen LogP contribution in [0.2, 0.25) is 0 Å². The topological polar surface area (TPSA) is 86.7 Å². The summed E-state index contributed by atoms with van der Waals surface area (Å²) in [6, 6.07) is 0. The van der Waals surface area contributed by atoms with Gasteiger partial charge < -0.3 is 10.0 Å². The van der Waals surface area contributed by atoms with E-state index >= 15 is 0 Å². The molecule has 0 radical (unpaired) electrons. The summed E-state index contributed by atoms with van der Waals surface area (Å²) in [4.78, 5) is 13.7. The zero-order valence-electron chi connectivity index (χ0n) is 11.5. The molecule has 0 aromatic heterocycles. The normalized spacial score (nSPS) is 20.5. The molecule has 1 rings (SSSR count). The third-order valence-corrected chi connectivity index (χ3v) is 4.00. The molecule has 2 N–H and O–H groups in total. The van der Waals surface area contributed by atoms with Crippen LogP contribution in [0.15, 0.2) is 0 Å². The van der Waals surface area contributed by atoms with Gasteiger partial charge in [0, 0.05) is 32.7 Å². The monoisotopic (exact) mass is 292 g/mol. The van der Waals surface area contributed by atoms with Gasteiger partial charge in [-0.1, -0.05) is 0 Å². The number of carbonyl (C=O) groups is 1. The van der Waals surface area contributed by atoms with Crippen LogP contribution in [-0.2, 0) is 14.8 Å². The Bertz CT molecular complexity index is 383. The number of carbonyl (C=O) groups excluding carboxylic acids is 1. The van der Waals surface area contributed by atoms with Crippen molar-refractivity contribution in [1.82, 2.24) is 9.62 Å². The zero-order chi connectivity index (χ0) is 14.3. The minimum absolute atomic E-state index is 0.109. The van der Waals surface area contributed by atoms with Crippen LogP contribution in [0.25, 0.3) is 0 Å². The number of amides is 1. The third-order valence-electron chi connectivity index (χ3n) is 3.30. The lowest BCUT2D eigenvalue weighted by atomic mass is 9.98. The second-order valence-corrected chi connectivity index (χ2v) is 6.98. The summed E-state index contributed by atoms with van der Waals surface area (Å²) in [7, 11) is -3.16. The Kier molecular flexibility index (Phi) is 6.74. The first-order valence-corrected chi connectivity index (χ1v) is 8.65. The smallest absolute Gasteiger partial charge is 0.222 e. The molecule has 0 saturated carbocycles. The van der Waals surface area contributed by atoms with Crippen LogP contribution in [0.3, 0.4) is 0 Å². The molecule has 1 amide bonds. The molecule has 112 valence electrons. The van der Waals surface area contributed by atoms with Gasteiger partial charge in [0.25, 0.3) is 0 Å². The van der Waals surface area contributed by atoms with E-state index in [9.17, 15) is 13.2 Å². The molecule has 1 aliphatic heterocycles. The van der Waals surface area contributed by atoms with E-state index in [1.807, 2.05) is 4.90 Å². The zero-order valence-corrected chi connectivity index (χ0v) is 12.3. The van der Waals surface area contributed by atoms with Gasteiger partial charge in [-0.05, 0) is 31.6 Å². The molecular formula is C12H24N2O4S. The molecule has 0 bridgehead atoms. The molecule has 19 heavy (non-hydrogen) atoms. The number of aliphatic hydroxyl groups excluding tert-OH is 1. The van der Waals surface area contributed by atoms with Crippen molar-refractivity contribution in [2.45, 2.75) is 32.1 Å². The molecule has 1 fully saturated rings. The van der Waals surface area contributed by atoms with E-state index in [1.165, 1.54) is 0 Å². The molecule has 0 spiro atoms. The fourth-order valence-electron chi connectivity index (χ4n) is 2.27. The number of nitrogens with one attached hydrogen (secondary N) is 1. The van der Waals surface area contributed by atoms with Gasteiger partial charge in [0.1, 0.15) is 0 Å². The summed E-state index contributed by atoms with van der Waals surface area (Å²) in [5, 5.41) is 8.69. The molecule has 1 aliphatic rings. The van der Waals surface area contributed by atoms with Crippen LogP contribution in [-0.4, -0.2) is 56.8 Å². The van der Waals surface area contributed by atoms with E-state index in [2.05, 4.69) is 4.72 Å². The molecule has 0 aromatic carbocycles. The highest BCUT2D eigenvalue weighted by atomic mass is 32.2. The summed E-state index contributed by atoms with van der Waals surface area (Å²) >= 11 is 0. The first kappa shape index (κ1) is 16.4. The van der Waals surface area contributed by atoms with Crippen molar-refractivity contribution in [2.75, 3.05) is 32.5 Å². The molecule has 0 aromatic rings. The van der Waals surface area contributed by atoms with Gasteiger partial charge in [-0.2, -0.15) is 0 Å². The number of nitrogens with zero attached hydrogens (tertiary/aromatic N) is 1. The van der Waals surface area contributed by atoms with Gasteiger partial charge in [0.2, 0.25) is 15.9 Å². The molecule has 1 unspecified atom stereocenters. The van der Waals surface area contributed by atoms with Gasteiger partial charge in [-0.15, -0.1) is 0 Å². The maximum absolute atomic E-state index is 11.9. The maximum Gasteiger partial charge on any atom is 0.222 e. The maximum atomic E-state index is 11.9. The Balaban J connectivity index is 2.34. The molecule has 6 nitrogen and oxygen atoms in total. The van der Waals surface area contributed by atoms with Gasteiger partial charge >= 0.3 is 0 Å². The number of aliphatic hydroxyl groups is 1. The van der Waals surface area contributed by atoms with E-state index in [4.69, 9.17) is 5.11 Å². The highest BCUT2D eigenvalue weighted by Crippen LogP contribution is 2.17. The number of unbranched alkanes of at least 4 members (excludes halogenated alkanes) is 1. The fourth-order valence-corrected chi connectivity index (χ4v) is 2.81. The highest BCUT2D eigenvalue weighted by Gasteiger charge is 2.23. The van der Waals surface area contributed by atoms with Crippen molar-refractivity contribution in [2.24, 2.45) is 5.92 Å². The molecule has 1 heterocycles. The summed E-state index contributed by atoms with van der Waals surface area (Å²) in [5.74, 6) is 0.308. The quantitative estimate of drug-likeness (QED) is 0.643. The lowest BCUT2D eigenvalue weighted by molar-refractivity contribution is -0.133. The largest absolute Gasteiger partial charge is 0.396 e. The minimum Gasteiger partial charge on any atom is -0.396 e. The van der Waals surface area contributed by atoms with Crippen molar-refractivity contribution in [3.05, 3.63) is 0 Å². The Morgan fingerprint density at radius 1 is 1.42 bits per heavy atom. The van der Waals surface area contributed by atoms with Crippen LogP contribution in [0, 0.1) is 5.92 Å². The third kappa shape index (κ3) is 6.89. The van der Waals surface area contributed by atoms with E-state index in [0.29, 0.717) is 32.4 Å². The molecule has 7 heteroatoms. The number of hydrogen-bond donors (Lipinski definition) is 2. The summed E-state index contributed by atoms with van der Waals surface area (Å²) in [6.07, 6.45) is 4.84. The Hall–Kier alpha value is -0.660. The van der Waals surface area contributed by atoms with Crippen LogP contribution in [0.4, 0.5) is 0 Å². The van der Waals surface area contributed by atoms with Gasteiger partial charge in [0.15, 0.2) is 0 Å². The Labute approximate surface area is 115 Å². The number of likely N-dealkylation sites (tertiary alicyclic amines) is 1. The Morgan fingerprint density at radius 2 is 2.16 bits per heavy atom. The lowest BCUT2D eigenvalue weighted by Crippen LogP contribution is -2.43. The lowest BCUT2D eigenvalue weighted by Gasteiger charge is -2.32. The van der Waals surface area contributed by atoms with Crippen molar-refractivity contribution in [1.29, 1.82) is 0 Å². The van der Waals surface area contributed by atoms with E-state index < -0.39 is 10.0 Å². The summed E-state index contributed by atoms with van der Waals surface area (Å²) < 4.78 is 24.6. The highest BCUT2D eigenvalue weighted by molar-refractivity contribution is 7.88. The first-order valence-electron chi connectivity index (χ1n) is 6.75. The molecular weight excluding hydrogens is 268 g/mol. The minimum atomic E-state index is -3.16. The Morgan fingerprint density at radius 3 is 2.79 bits per heavy atom. The van der Waals surface area contributed by atoms with E-state index in [0.717, 1.165) is 25.6 Å². The van der Waals surface area contributed by atoms with E-state index in [-0.39, 0.29) is 18.4 Å². The van der Waals surface area contributed by atoms with Crippen LogP contribution in [0.1, 0.15) is 32.1 Å². The predicted octanol–water partition coefficient (Wildman–Crippen LogP) is -0.0632. The fraction of sp³-hybridized carbons (Fsp3) is 0.917. The van der Waals surface area contributed by atoms with Crippen molar-refractivity contribution in [3.8, 4) is 0 Å². The standard InChI is InChI=1S/C12H24N2O4S/c1-19(17,18)13-9-11-5-4-7-14(10-11)12(16)6-2-3-8-15/h11,13,15H,2-10H2,1H3. The number of rotatable bonds is 7. The van der Waals surface area contributed by atoms with Crippen molar-refractivity contribution < 1.29 is 18.3 Å². The van der Waals surface area contributed by atoms with Gasteiger partial charge in [-0.25, -0.2) is 13.1 Å². The van der Waals surface area contributed by atoms with Crippen molar-refractivity contribution >= 4 is 15.9 Å². The molecule has 1 atom stereocenters. The van der Waals surface area contributed by atoms with E-state index in [1.54, 1.807) is 0 Å². The average molecular weight is 292 g/mol. The second kappa shape index (κ2) is 7.81. The van der Waals surface area contributed by atoms with Crippen LogP contribution < -0.4 is 4.72 Å². The SMILES string of the molecule is CS(=O)(=O)NCC1CCCN(C(=O)CCCCO)C1.